The van der Waals surface area contributed by atoms with Crippen molar-refractivity contribution in [2.24, 2.45) is 0 Å². The van der Waals surface area contributed by atoms with E-state index < -0.39 is 21.2 Å². The van der Waals surface area contributed by atoms with Crippen molar-refractivity contribution in [2.45, 2.75) is 63.0 Å². The summed E-state index contributed by atoms with van der Waals surface area (Å²) in [5.74, 6) is 0.508. The van der Waals surface area contributed by atoms with Crippen LogP contribution in [0.3, 0.4) is 0 Å². The fourth-order valence-corrected chi connectivity index (χ4v) is 5.12. The van der Waals surface area contributed by atoms with Crippen molar-refractivity contribution in [1.82, 2.24) is 24.7 Å². The highest BCUT2D eigenvalue weighted by Crippen LogP contribution is 2.34. The SMILES string of the molecule is COCC(COC)n1c(NS(=O)(=O)C(C)C(C)c2ncc(Cl)cn2)nnc1[C@H]1CC[C@@H](C)O1. The molecule has 2 aromatic rings. The monoisotopic (exact) mass is 502 g/mol. The van der Waals surface area contributed by atoms with Gasteiger partial charge in [0, 0.05) is 32.5 Å². The Labute approximate surface area is 199 Å². The second-order valence-electron chi connectivity index (χ2n) is 8.23. The Hall–Kier alpha value is -1.86. The smallest absolute Gasteiger partial charge is 0.238 e. The second-order valence-corrected chi connectivity index (χ2v) is 10.7. The van der Waals surface area contributed by atoms with Crippen LogP contribution in [0.4, 0.5) is 5.95 Å². The molecule has 0 radical (unpaired) electrons. The first-order valence-electron chi connectivity index (χ1n) is 10.7. The maximum atomic E-state index is 13.3. The Balaban J connectivity index is 1.92. The molecule has 4 atom stereocenters. The average molecular weight is 503 g/mol. The summed E-state index contributed by atoms with van der Waals surface area (Å²) < 4.78 is 47.6. The van der Waals surface area contributed by atoms with Crippen molar-refractivity contribution in [3.63, 3.8) is 0 Å². The Morgan fingerprint density at radius 1 is 1.18 bits per heavy atom. The van der Waals surface area contributed by atoms with E-state index in [9.17, 15) is 8.42 Å². The number of hydrogen-bond donors (Lipinski definition) is 1. The van der Waals surface area contributed by atoms with Crippen LogP contribution in [0.5, 0.6) is 0 Å². The van der Waals surface area contributed by atoms with E-state index in [-0.39, 0.29) is 37.4 Å². The lowest BCUT2D eigenvalue weighted by Gasteiger charge is -2.24. The number of nitrogens with zero attached hydrogens (tertiary/aromatic N) is 5. The van der Waals surface area contributed by atoms with Crippen LogP contribution in [-0.4, -0.2) is 71.9 Å². The van der Waals surface area contributed by atoms with Crippen LogP contribution in [0.2, 0.25) is 5.02 Å². The van der Waals surface area contributed by atoms with Crippen molar-refractivity contribution in [1.29, 1.82) is 0 Å². The molecule has 33 heavy (non-hydrogen) atoms. The van der Waals surface area contributed by atoms with Gasteiger partial charge in [-0.25, -0.2) is 18.4 Å². The van der Waals surface area contributed by atoms with Gasteiger partial charge in [0.25, 0.3) is 0 Å². The van der Waals surface area contributed by atoms with Gasteiger partial charge in [-0.05, 0) is 26.7 Å². The molecule has 3 heterocycles. The van der Waals surface area contributed by atoms with E-state index in [4.69, 9.17) is 25.8 Å². The molecule has 1 N–H and O–H groups in total. The minimum atomic E-state index is -3.89. The number of aromatic nitrogens is 5. The third kappa shape index (κ3) is 5.99. The number of ether oxygens (including phenoxy) is 3. The lowest BCUT2D eigenvalue weighted by atomic mass is 10.1. The summed E-state index contributed by atoms with van der Waals surface area (Å²) in [6.07, 6.45) is 4.33. The van der Waals surface area contributed by atoms with E-state index in [0.29, 0.717) is 16.7 Å². The Bertz CT molecular complexity index is 1010. The lowest BCUT2D eigenvalue weighted by molar-refractivity contribution is 0.0406. The molecule has 0 saturated carbocycles. The predicted molar refractivity (Wildman–Crippen MR) is 123 cm³/mol. The number of sulfonamides is 1. The van der Waals surface area contributed by atoms with Crippen molar-refractivity contribution in [2.75, 3.05) is 32.2 Å². The van der Waals surface area contributed by atoms with E-state index in [1.807, 2.05) is 6.92 Å². The van der Waals surface area contributed by atoms with Crippen molar-refractivity contribution in [3.05, 3.63) is 29.1 Å². The van der Waals surface area contributed by atoms with Gasteiger partial charge in [0.1, 0.15) is 11.9 Å². The van der Waals surface area contributed by atoms with Crippen LogP contribution in [-0.2, 0) is 24.2 Å². The van der Waals surface area contributed by atoms with Gasteiger partial charge in [-0.3, -0.25) is 9.29 Å². The zero-order valence-electron chi connectivity index (χ0n) is 19.4. The minimum absolute atomic E-state index is 0.0864. The van der Waals surface area contributed by atoms with Crippen LogP contribution >= 0.6 is 11.6 Å². The molecule has 1 saturated heterocycles. The molecule has 0 amide bonds. The molecular weight excluding hydrogens is 472 g/mol. The maximum absolute atomic E-state index is 13.3. The van der Waals surface area contributed by atoms with Gasteiger partial charge in [0.2, 0.25) is 16.0 Å². The zero-order valence-corrected chi connectivity index (χ0v) is 21.0. The summed E-state index contributed by atoms with van der Waals surface area (Å²) in [5, 5.41) is 7.97. The van der Waals surface area contributed by atoms with Crippen LogP contribution in [0.25, 0.3) is 0 Å². The first kappa shape index (κ1) is 25.8. The summed E-state index contributed by atoms with van der Waals surface area (Å²) in [4.78, 5) is 8.32. The third-order valence-electron chi connectivity index (χ3n) is 5.80. The predicted octanol–water partition coefficient (Wildman–Crippen LogP) is 2.73. The largest absolute Gasteiger partial charge is 0.382 e. The minimum Gasteiger partial charge on any atom is -0.382 e. The van der Waals surface area contributed by atoms with Gasteiger partial charge in [-0.2, -0.15) is 0 Å². The molecular formula is C20H31ClN6O5S. The van der Waals surface area contributed by atoms with E-state index in [1.165, 1.54) is 12.4 Å². The first-order chi connectivity index (χ1) is 15.7. The highest BCUT2D eigenvalue weighted by atomic mass is 35.5. The molecule has 0 aliphatic carbocycles. The van der Waals surface area contributed by atoms with Gasteiger partial charge in [0.05, 0.1) is 35.6 Å². The highest BCUT2D eigenvalue weighted by Gasteiger charge is 2.35. The standard InChI is InChI=1S/C20H31ClN6O5S/c1-12-6-7-17(32-12)19-24-25-20(27(19)16(10-30-4)11-31-5)26-33(28,29)14(3)13(2)18-22-8-15(21)9-23-18/h8-9,12-14,16-17H,6-7,10-11H2,1-5H3,(H,25,26)/t12-,13?,14?,17-/m1/s1. The zero-order chi connectivity index (χ0) is 24.2. The molecule has 0 spiro atoms. The number of methoxy groups -OCH3 is 2. The average Bonchev–Trinajstić information content (AvgIpc) is 3.38. The number of rotatable bonds is 11. The van der Waals surface area contributed by atoms with Gasteiger partial charge in [-0.15, -0.1) is 10.2 Å². The molecule has 1 fully saturated rings. The van der Waals surface area contributed by atoms with Crippen molar-refractivity contribution in [3.8, 4) is 0 Å². The molecule has 13 heteroatoms. The summed E-state index contributed by atoms with van der Waals surface area (Å²) in [7, 11) is -0.746. The quantitative estimate of drug-likeness (QED) is 0.492. The second kappa shape index (κ2) is 11.0. The molecule has 3 rings (SSSR count). The highest BCUT2D eigenvalue weighted by molar-refractivity contribution is 7.93. The molecule has 2 aromatic heterocycles. The van der Waals surface area contributed by atoms with E-state index in [0.717, 1.165) is 12.8 Å². The molecule has 2 unspecified atom stereocenters. The fourth-order valence-electron chi connectivity index (χ4n) is 3.78. The van der Waals surface area contributed by atoms with Gasteiger partial charge >= 0.3 is 0 Å². The Morgan fingerprint density at radius 3 is 2.36 bits per heavy atom. The van der Waals surface area contributed by atoms with Crippen LogP contribution < -0.4 is 4.72 Å². The molecule has 184 valence electrons. The Kier molecular flexibility index (Phi) is 8.62. The summed E-state index contributed by atoms with van der Waals surface area (Å²) in [5.41, 5.74) is 0. The van der Waals surface area contributed by atoms with Crippen molar-refractivity contribution >= 4 is 27.6 Å². The van der Waals surface area contributed by atoms with Gasteiger partial charge in [0.15, 0.2) is 5.82 Å². The fraction of sp³-hybridized carbons (Fsp3) is 0.700. The lowest BCUT2D eigenvalue weighted by Crippen LogP contribution is -2.33. The Morgan fingerprint density at radius 2 is 1.82 bits per heavy atom. The van der Waals surface area contributed by atoms with Crippen LogP contribution in [0.1, 0.15) is 63.3 Å². The van der Waals surface area contributed by atoms with Gasteiger partial charge < -0.3 is 14.2 Å². The summed E-state index contributed by atoms with van der Waals surface area (Å²) >= 11 is 5.85. The normalized spacial score (nSPS) is 20.8. The maximum Gasteiger partial charge on any atom is 0.238 e. The van der Waals surface area contributed by atoms with E-state index in [1.54, 1.807) is 32.6 Å². The number of anilines is 1. The third-order valence-corrected chi connectivity index (χ3v) is 7.85. The molecule has 0 bridgehead atoms. The number of hydrogen-bond acceptors (Lipinski definition) is 9. The molecule has 1 aliphatic rings. The van der Waals surface area contributed by atoms with Crippen LogP contribution in [0, 0.1) is 0 Å². The molecule has 11 nitrogen and oxygen atoms in total. The van der Waals surface area contributed by atoms with E-state index in [2.05, 4.69) is 24.9 Å². The van der Waals surface area contributed by atoms with Crippen LogP contribution in [0.15, 0.2) is 12.4 Å². The molecule has 0 aromatic carbocycles. The summed E-state index contributed by atoms with van der Waals surface area (Å²) in [6.45, 7) is 5.89. The van der Waals surface area contributed by atoms with Gasteiger partial charge in [-0.1, -0.05) is 18.5 Å². The van der Waals surface area contributed by atoms with Crippen molar-refractivity contribution < 1.29 is 22.6 Å². The van der Waals surface area contributed by atoms with E-state index >= 15 is 0 Å². The summed E-state index contributed by atoms with van der Waals surface area (Å²) in [6, 6.07) is -0.352. The molecule has 1 aliphatic heterocycles. The first-order valence-corrected chi connectivity index (χ1v) is 12.7. The number of nitrogens with one attached hydrogen (secondary N) is 1. The topological polar surface area (TPSA) is 130 Å². The number of halogens is 1.